The van der Waals surface area contributed by atoms with Crippen LogP contribution in [0, 0.1) is 5.41 Å². The van der Waals surface area contributed by atoms with Gasteiger partial charge in [0.1, 0.15) is 11.3 Å². The Kier molecular flexibility index (Phi) is 6.36. The fourth-order valence-electron chi connectivity index (χ4n) is 1.96. The molecule has 0 spiro atoms. The molecule has 0 aromatic heterocycles. The normalized spacial score (nSPS) is 10.1. The first-order valence-corrected chi connectivity index (χ1v) is 6.60. The van der Waals surface area contributed by atoms with Gasteiger partial charge in [0.05, 0.1) is 0 Å². The average molecular weight is 279 g/mol. The third kappa shape index (κ3) is 4.79. The number of carboxylic acids is 1. The minimum Gasteiger partial charge on any atom is -0.507 e. The van der Waals surface area contributed by atoms with E-state index in [2.05, 4.69) is 10.6 Å². The highest BCUT2D eigenvalue weighted by Crippen LogP contribution is 2.22. The number of nitrogens with one attached hydrogen (secondary N) is 3. The van der Waals surface area contributed by atoms with E-state index in [1.54, 1.807) is 19.2 Å². The van der Waals surface area contributed by atoms with E-state index in [1.807, 2.05) is 0 Å². The van der Waals surface area contributed by atoms with E-state index in [0.717, 1.165) is 19.3 Å². The summed E-state index contributed by atoms with van der Waals surface area (Å²) in [5.41, 5.74) is 0.663. The Labute approximate surface area is 118 Å². The number of aromatic carboxylic acids is 1. The number of carbonyl (C=O) groups is 1. The van der Waals surface area contributed by atoms with Crippen LogP contribution in [0.3, 0.4) is 0 Å². The highest BCUT2D eigenvalue weighted by Gasteiger charge is 2.14. The Morgan fingerprint density at radius 3 is 2.70 bits per heavy atom. The number of aryl methyl sites for hydroxylation is 1. The van der Waals surface area contributed by atoms with Crippen molar-refractivity contribution >= 4 is 11.9 Å². The van der Waals surface area contributed by atoms with Crippen LogP contribution in [0.5, 0.6) is 5.75 Å². The number of aromatic hydroxyl groups is 1. The molecule has 0 bridgehead atoms. The van der Waals surface area contributed by atoms with Gasteiger partial charge in [-0.3, -0.25) is 5.41 Å². The minimum atomic E-state index is -1.10. The lowest BCUT2D eigenvalue weighted by molar-refractivity contribution is 0.0692. The number of carboxylic acid groups (broad SMARTS) is 1. The van der Waals surface area contributed by atoms with Gasteiger partial charge in [0.2, 0.25) is 0 Å². The van der Waals surface area contributed by atoms with Crippen LogP contribution >= 0.6 is 0 Å². The highest BCUT2D eigenvalue weighted by atomic mass is 16.4. The van der Waals surface area contributed by atoms with E-state index >= 15 is 0 Å². The number of unbranched alkanes of at least 4 members (excludes halogenated alkanes) is 2. The second-order valence-electron chi connectivity index (χ2n) is 4.48. The molecule has 0 aliphatic carbocycles. The quantitative estimate of drug-likeness (QED) is 0.296. The van der Waals surface area contributed by atoms with E-state index in [9.17, 15) is 9.90 Å². The first kappa shape index (κ1) is 15.8. The zero-order valence-corrected chi connectivity index (χ0v) is 11.6. The molecule has 110 valence electrons. The summed E-state index contributed by atoms with van der Waals surface area (Å²) in [5, 5.41) is 31.6. The number of benzene rings is 1. The third-order valence-electron chi connectivity index (χ3n) is 3.02. The lowest BCUT2D eigenvalue weighted by Crippen LogP contribution is -2.34. The number of hydrogen-bond acceptors (Lipinski definition) is 3. The molecule has 0 heterocycles. The van der Waals surface area contributed by atoms with Gasteiger partial charge in [-0.2, -0.15) is 0 Å². The molecule has 0 radical (unpaired) electrons. The summed E-state index contributed by atoms with van der Waals surface area (Å²) < 4.78 is 0. The van der Waals surface area contributed by atoms with Crippen molar-refractivity contribution in [1.82, 2.24) is 10.6 Å². The van der Waals surface area contributed by atoms with Gasteiger partial charge >= 0.3 is 5.97 Å². The van der Waals surface area contributed by atoms with Crippen LogP contribution < -0.4 is 10.6 Å². The predicted molar refractivity (Wildman–Crippen MR) is 77.4 cm³/mol. The molecule has 0 fully saturated rings. The van der Waals surface area contributed by atoms with Gasteiger partial charge in [-0.05, 0) is 30.9 Å². The van der Waals surface area contributed by atoms with E-state index in [4.69, 9.17) is 10.5 Å². The van der Waals surface area contributed by atoms with E-state index < -0.39 is 5.97 Å². The molecular weight excluding hydrogens is 258 g/mol. The van der Waals surface area contributed by atoms with Crippen molar-refractivity contribution in [2.75, 3.05) is 13.6 Å². The first-order chi connectivity index (χ1) is 9.56. The van der Waals surface area contributed by atoms with Gasteiger partial charge in [-0.25, -0.2) is 4.79 Å². The topological polar surface area (TPSA) is 105 Å². The number of rotatable bonds is 7. The van der Waals surface area contributed by atoms with Crippen LogP contribution in [0.1, 0.15) is 35.2 Å². The van der Waals surface area contributed by atoms with Crippen LogP contribution in [0.15, 0.2) is 18.2 Å². The van der Waals surface area contributed by atoms with Crippen LogP contribution in [0.25, 0.3) is 0 Å². The zero-order chi connectivity index (χ0) is 15.0. The van der Waals surface area contributed by atoms with Crippen molar-refractivity contribution < 1.29 is 15.0 Å². The monoisotopic (exact) mass is 279 g/mol. The maximum absolute atomic E-state index is 11.1. The molecular formula is C14H21N3O3. The van der Waals surface area contributed by atoms with E-state index in [-0.39, 0.29) is 11.3 Å². The van der Waals surface area contributed by atoms with Crippen molar-refractivity contribution in [1.29, 1.82) is 5.41 Å². The molecule has 6 nitrogen and oxygen atoms in total. The third-order valence-corrected chi connectivity index (χ3v) is 3.02. The van der Waals surface area contributed by atoms with Gasteiger partial charge in [-0.15, -0.1) is 0 Å². The summed E-state index contributed by atoms with van der Waals surface area (Å²) in [7, 11) is 1.69. The van der Waals surface area contributed by atoms with Gasteiger partial charge in [0.15, 0.2) is 5.96 Å². The zero-order valence-electron chi connectivity index (χ0n) is 11.6. The SMILES string of the molecule is CNC(=N)NCCCCCc1cccc(O)c1C(=O)O. The molecule has 0 aliphatic rings. The Hall–Kier alpha value is -2.24. The number of phenols is 1. The summed E-state index contributed by atoms with van der Waals surface area (Å²) in [6.45, 7) is 0.714. The molecule has 5 N–H and O–H groups in total. The molecule has 1 aromatic carbocycles. The predicted octanol–water partition coefficient (Wildman–Crippen LogP) is 1.55. The second-order valence-corrected chi connectivity index (χ2v) is 4.48. The molecule has 0 aliphatic heterocycles. The van der Waals surface area contributed by atoms with Crippen molar-refractivity contribution in [3.05, 3.63) is 29.3 Å². The maximum atomic E-state index is 11.1. The van der Waals surface area contributed by atoms with Gasteiger partial charge < -0.3 is 20.8 Å². The fourth-order valence-corrected chi connectivity index (χ4v) is 1.96. The fraction of sp³-hybridized carbons (Fsp3) is 0.429. The number of hydrogen-bond donors (Lipinski definition) is 5. The van der Waals surface area contributed by atoms with Crippen LogP contribution in [-0.2, 0) is 6.42 Å². The highest BCUT2D eigenvalue weighted by molar-refractivity contribution is 5.92. The molecule has 6 heteroatoms. The molecule has 0 saturated heterocycles. The summed E-state index contributed by atoms with van der Waals surface area (Å²) >= 11 is 0. The van der Waals surface area contributed by atoms with E-state index in [1.165, 1.54) is 6.07 Å². The summed E-state index contributed by atoms with van der Waals surface area (Å²) in [6.07, 6.45) is 3.31. The molecule has 0 atom stereocenters. The van der Waals surface area contributed by atoms with Crippen molar-refractivity contribution in [2.24, 2.45) is 0 Å². The molecule has 0 amide bonds. The molecule has 20 heavy (non-hydrogen) atoms. The lowest BCUT2D eigenvalue weighted by atomic mass is 10.0. The Morgan fingerprint density at radius 1 is 1.30 bits per heavy atom. The molecule has 0 unspecified atom stereocenters. The molecule has 0 saturated carbocycles. The smallest absolute Gasteiger partial charge is 0.339 e. The second kappa shape index (κ2) is 8.04. The van der Waals surface area contributed by atoms with E-state index in [0.29, 0.717) is 24.5 Å². The standard InChI is InChI=1S/C14H21N3O3/c1-16-14(15)17-9-4-2-3-6-10-7-5-8-11(18)12(10)13(19)20/h5,7-8,18H,2-4,6,9H2,1H3,(H,19,20)(H3,15,16,17). The van der Waals surface area contributed by atoms with Gasteiger partial charge in [-0.1, -0.05) is 18.6 Å². The average Bonchev–Trinajstić information content (AvgIpc) is 2.41. The Morgan fingerprint density at radius 2 is 2.05 bits per heavy atom. The molecule has 1 aromatic rings. The first-order valence-electron chi connectivity index (χ1n) is 6.60. The Bertz CT molecular complexity index is 475. The van der Waals surface area contributed by atoms with Crippen LogP contribution in [-0.4, -0.2) is 35.7 Å². The maximum Gasteiger partial charge on any atom is 0.339 e. The van der Waals surface area contributed by atoms with Gasteiger partial charge in [0.25, 0.3) is 0 Å². The Balaban J connectivity index is 2.37. The summed E-state index contributed by atoms with van der Waals surface area (Å²) in [5.74, 6) is -0.979. The van der Waals surface area contributed by atoms with Crippen molar-refractivity contribution in [3.8, 4) is 5.75 Å². The minimum absolute atomic E-state index is 0.00239. The van der Waals surface area contributed by atoms with Gasteiger partial charge in [0, 0.05) is 13.6 Å². The lowest BCUT2D eigenvalue weighted by Gasteiger charge is -2.08. The summed E-state index contributed by atoms with van der Waals surface area (Å²) in [6, 6.07) is 4.78. The largest absolute Gasteiger partial charge is 0.507 e. The molecule has 1 rings (SSSR count). The summed E-state index contributed by atoms with van der Waals surface area (Å²) in [4.78, 5) is 11.1. The van der Waals surface area contributed by atoms with Crippen LogP contribution in [0.2, 0.25) is 0 Å². The van der Waals surface area contributed by atoms with Crippen molar-refractivity contribution in [3.63, 3.8) is 0 Å². The van der Waals surface area contributed by atoms with Crippen molar-refractivity contribution in [2.45, 2.75) is 25.7 Å². The van der Waals surface area contributed by atoms with Crippen LogP contribution in [0.4, 0.5) is 0 Å². The number of guanidine groups is 1.